The predicted molar refractivity (Wildman–Crippen MR) is 77.3 cm³/mol. The van der Waals surface area contributed by atoms with Gasteiger partial charge in [-0.25, -0.2) is 15.0 Å². The second-order valence-electron chi connectivity index (χ2n) is 4.44. The topological polar surface area (TPSA) is 38.7 Å². The summed E-state index contributed by atoms with van der Waals surface area (Å²) >= 11 is 6.11. The number of aryl methyl sites for hydroxylation is 1. The SMILES string of the molecule is Cc1nc(-c2ccc3ccccc3n2)nc(Cl)c1C. The Labute approximate surface area is 116 Å². The highest BCUT2D eigenvalue weighted by Gasteiger charge is 2.09. The van der Waals surface area contributed by atoms with Crippen LogP contribution in [0, 0.1) is 13.8 Å². The van der Waals surface area contributed by atoms with Crippen LogP contribution in [0.25, 0.3) is 22.4 Å². The summed E-state index contributed by atoms with van der Waals surface area (Å²) < 4.78 is 0. The highest BCUT2D eigenvalue weighted by atomic mass is 35.5. The van der Waals surface area contributed by atoms with Gasteiger partial charge in [0.1, 0.15) is 10.8 Å². The fraction of sp³-hybridized carbons (Fsp3) is 0.133. The molecule has 19 heavy (non-hydrogen) atoms. The van der Waals surface area contributed by atoms with Gasteiger partial charge in [-0.3, -0.25) is 0 Å². The van der Waals surface area contributed by atoms with Crippen molar-refractivity contribution >= 4 is 22.5 Å². The predicted octanol–water partition coefficient (Wildman–Crippen LogP) is 3.96. The first-order valence-corrected chi connectivity index (χ1v) is 6.40. The molecule has 4 heteroatoms. The van der Waals surface area contributed by atoms with Gasteiger partial charge in [0.25, 0.3) is 0 Å². The molecule has 0 atom stereocenters. The van der Waals surface area contributed by atoms with Crippen molar-refractivity contribution < 1.29 is 0 Å². The molecule has 1 aromatic carbocycles. The fourth-order valence-corrected chi connectivity index (χ4v) is 2.12. The quantitative estimate of drug-likeness (QED) is 0.628. The van der Waals surface area contributed by atoms with Gasteiger partial charge in [0.05, 0.1) is 5.52 Å². The number of pyridine rings is 1. The smallest absolute Gasteiger partial charge is 0.179 e. The number of nitrogens with zero attached hydrogens (tertiary/aromatic N) is 3. The molecule has 94 valence electrons. The van der Waals surface area contributed by atoms with Crippen LogP contribution in [0.3, 0.4) is 0 Å². The Kier molecular flexibility index (Phi) is 2.91. The highest BCUT2D eigenvalue weighted by molar-refractivity contribution is 6.30. The van der Waals surface area contributed by atoms with Gasteiger partial charge in [0.15, 0.2) is 5.82 Å². The molecule has 3 nitrogen and oxygen atoms in total. The maximum absolute atomic E-state index is 6.11. The molecule has 0 aliphatic heterocycles. The summed E-state index contributed by atoms with van der Waals surface area (Å²) in [7, 11) is 0. The molecular formula is C15H12ClN3. The molecule has 0 unspecified atom stereocenters. The summed E-state index contributed by atoms with van der Waals surface area (Å²) in [5.41, 5.74) is 3.46. The summed E-state index contributed by atoms with van der Waals surface area (Å²) in [6.45, 7) is 3.84. The number of fused-ring (bicyclic) bond motifs is 1. The minimum Gasteiger partial charge on any atom is -0.244 e. The van der Waals surface area contributed by atoms with Crippen molar-refractivity contribution in [2.75, 3.05) is 0 Å². The van der Waals surface area contributed by atoms with Crippen LogP contribution in [0.1, 0.15) is 11.3 Å². The Morgan fingerprint density at radius 1 is 0.895 bits per heavy atom. The standard InChI is InChI=1S/C15H12ClN3/c1-9-10(2)17-15(19-14(9)16)13-8-7-11-5-3-4-6-12(11)18-13/h3-8H,1-2H3. The number of benzene rings is 1. The van der Waals surface area contributed by atoms with E-state index in [-0.39, 0.29) is 0 Å². The van der Waals surface area contributed by atoms with Crippen molar-refractivity contribution in [2.45, 2.75) is 13.8 Å². The molecule has 0 fully saturated rings. The summed E-state index contributed by atoms with van der Waals surface area (Å²) in [5, 5.41) is 1.58. The summed E-state index contributed by atoms with van der Waals surface area (Å²) in [5.74, 6) is 0.568. The van der Waals surface area contributed by atoms with Crippen LogP contribution in [0.15, 0.2) is 36.4 Å². The van der Waals surface area contributed by atoms with E-state index in [0.29, 0.717) is 11.0 Å². The normalized spacial score (nSPS) is 10.9. The van der Waals surface area contributed by atoms with Gasteiger partial charge >= 0.3 is 0 Å². The minimum absolute atomic E-state index is 0.484. The van der Waals surface area contributed by atoms with Crippen molar-refractivity contribution in [2.24, 2.45) is 0 Å². The van der Waals surface area contributed by atoms with Crippen molar-refractivity contribution in [3.05, 3.63) is 52.8 Å². The lowest BCUT2D eigenvalue weighted by Crippen LogP contribution is -1.98. The van der Waals surface area contributed by atoms with Crippen LogP contribution in [0.4, 0.5) is 0 Å². The van der Waals surface area contributed by atoms with Gasteiger partial charge in [-0.1, -0.05) is 35.9 Å². The first kappa shape index (κ1) is 12.1. The van der Waals surface area contributed by atoms with Crippen LogP contribution >= 0.6 is 11.6 Å². The number of hydrogen-bond donors (Lipinski definition) is 0. The second kappa shape index (κ2) is 4.59. The third-order valence-electron chi connectivity index (χ3n) is 3.16. The molecular weight excluding hydrogens is 258 g/mol. The van der Waals surface area contributed by atoms with Gasteiger partial charge in [-0.05, 0) is 26.0 Å². The zero-order valence-electron chi connectivity index (χ0n) is 10.7. The Morgan fingerprint density at radius 3 is 2.47 bits per heavy atom. The molecule has 0 aliphatic rings. The number of hydrogen-bond acceptors (Lipinski definition) is 3. The third kappa shape index (κ3) is 2.17. The first-order valence-electron chi connectivity index (χ1n) is 6.02. The largest absolute Gasteiger partial charge is 0.244 e. The van der Waals surface area contributed by atoms with Gasteiger partial charge in [0, 0.05) is 16.6 Å². The van der Waals surface area contributed by atoms with E-state index < -0.39 is 0 Å². The highest BCUT2D eigenvalue weighted by Crippen LogP contribution is 2.22. The average molecular weight is 270 g/mol. The lowest BCUT2D eigenvalue weighted by Gasteiger charge is -2.06. The van der Waals surface area contributed by atoms with Crippen molar-refractivity contribution in [1.29, 1.82) is 0 Å². The van der Waals surface area contributed by atoms with E-state index >= 15 is 0 Å². The first-order chi connectivity index (χ1) is 9.15. The van der Waals surface area contributed by atoms with Gasteiger partial charge in [-0.2, -0.15) is 0 Å². The number of halogens is 1. The molecule has 0 saturated heterocycles. The van der Waals surface area contributed by atoms with Crippen LogP contribution in [-0.4, -0.2) is 15.0 Å². The van der Waals surface area contributed by atoms with Gasteiger partial charge in [-0.15, -0.1) is 0 Å². The van der Waals surface area contributed by atoms with E-state index in [0.717, 1.165) is 27.9 Å². The zero-order valence-corrected chi connectivity index (χ0v) is 11.4. The molecule has 0 bridgehead atoms. The number of aromatic nitrogens is 3. The average Bonchev–Trinajstić information content (AvgIpc) is 2.43. The maximum Gasteiger partial charge on any atom is 0.179 e. The second-order valence-corrected chi connectivity index (χ2v) is 4.80. The van der Waals surface area contributed by atoms with E-state index in [1.807, 2.05) is 50.2 Å². The van der Waals surface area contributed by atoms with Gasteiger partial charge in [0.2, 0.25) is 0 Å². The zero-order chi connectivity index (χ0) is 13.4. The van der Waals surface area contributed by atoms with Crippen molar-refractivity contribution in [3.63, 3.8) is 0 Å². The van der Waals surface area contributed by atoms with E-state index in [1.54, 1.807) is 0 Å². The van der Waals surface area contributed by atoms with E-state index in [9.17, 15) is 0 Å². The van der Waals surface area contributed by atoms with Gasteiger partial charge < -0.3 is 0 Å². The molecule has 3 rings (SSSR count). The maximum atomic E-state index is 6.11. The summed E-state index contributed by atoms with van der Waals surface area (Å²) in [6.07, 6.45) is 0. The molecule has 0 amide bonds. The van der Waals surface area contributed by atoms with Crippen LogP contribution in [-0.2, 0) is 0 Å². The van der Waals surface area contributed by atoms with E-state index in [1.165, 1.54) is 0 Å². The molecule has 0 spiro atoms. The fourth-order valence-electron chi connectivity index (χ4n) is 1.90. The third-order valence-corrected chi connectivity index (χ3v) is 3.53. The molecule has 2 aromatic heterocycles. The molecule has 0 N–H and O–H groups in total. The summed E-state index contributed by atoms with van der Waals surface area (Å²) in [6, 6.07) is 11.9. The Bertz CT molecular complexity index is 745. The van der Waals surface area contributed by atoms with Crippen LogP contribution in [0.5, 0.6) is 0 Å². The number of para-hydroxylation sites is 1. The lowest BCUT2D eigenvalue weighted by molar-refractivity contribution is 1.06. The Morgan fingerprint density at radius 2 is 1.68 bits per heavy atom. The van der Waals surface area contributed by atoms with E-state index in [2.05, 4.69) is 15.0 Å². The molecule has 0 saturated carbocycles. The Balaban J connectivity index is 2.19. The Hall–Kier alpha value is -2.00. The van der Waals surface area contributed by atoms with Crippen LogP contribution in [0.2, 0.25) is 5.15 Å². The number of rotatable bonds is 1. The van der Waals surface area contributed by atoms with Crippen LogP contribution < -0.4 is 0 Å². The van der Waals surface area contributed by atoms with Crippen molar-refractivity contribution in [1.82, 2.24) is 15.0 Å². The molecule has 0 radical (unpaired) electrons. The minimum atomic E-state index is 0.484. The molecule has 0 aliphatic carbocycles. The monoisotopic (exact) mass is 269 g/mol. The lowest BCUT2D eigenvalue weighted by atomic mass is 10.2. The molecule has 3 aromatic rings. The summed E-state index contributed by atoms with van der Waals surface area (Å²) in [4.78, 5) is 13.3. The van der Waals surface area contributed by atoms with Crippen molar-refractivity contribution in [3.8, 4) is 11.5 Å². The molecule has 2 heterocycles. The van der Waals surface area contributed by atoms with E-state index in [4.69, 9.17) is 11.6 Å².